The van der Waals surface area contributed by atoms with Crippen molar-refractivity contribution in [1.29, 1.82) is 0 Å². The van der Waals surface area contributed by atoms with Gasteiger partial charge in [-0.05, 0) is 19.3 Å². The van der Waals surface area contributed by atoms with Crippen LogP contribution >= 0.6 is 15.9 Å². The predicted octanol–water partition coefficient (Wildman–Crippen LogP) is 1.18. The highest BCUT2D eigenvalue weighted by Crippen LogP contribution is 2.51. The molecule has 0 radical (unpaired) electrons. The lowest BCUT2D eigenvalue weighted by Gasteiger charge is -2.35. The lowest BCUT2D eigenvalue weighted by atomic mass is 9.89. The quantitative estimate of drug-likeness (QED) is 0.531. The topological polar surface area (TPSA) is 72.9 Å². The Kier molecular flexibility index (Phi) is 3.79. The summed E-state index contributed by atoms with van der Waals surface area (Å²) in [5.41, 5.74) is 0. The normalized spacial score (nSPS) is 43.6. The first kappa shape index (κ1) is 15.4. The third-order valence-corrected chi connectivity index (χ3v) is 8.30. The average Bonchev–Trinajstić information content (AvgIpc) is 3.12. The fourth-order valence-corrected chi connectivity index (χ4v) is 7.30. The molecule has 3 saturated heterocycles. The van der Waals surface area contributed by atoms with Gasteiger partial charge in [-0.3, -0.25) is 4.79 Å². The van der Waals surface area contributed by atoms with Gasteiger partial charge in [-0.2, -0.15) is 4.31 Å². The van der Waals surface area contributed by atoms with E-state index in [0.29, 0.717) is 6.42 Å². The van der Waals surface area contributed by atoms with Crippen LogP contribution < -0.4 is 0 Å². The zero-order chi connectivity index (χ0) is 15.5. The highest BCUT2D eigenvalue weighted by atomic mass is 79.9. The molecule has 1 saturated carbocycles. The zero-order valence-corrected chi connectivity index (χ0v) is 14.6. The van der Waals surface area contributed by atoms with Crippen LogP contribution in [0.4, 0.5) is 0 Å². The molecule has 124 valence electrons. The van der Waals surface area contributed by atoms with Crippen LogP contribution in [-0.4, -0.2) is 59.7 Å². The van der Waals surface area contributed by atoms with E-state index in [1.807, 2.05) is 0 Å². The zero-order valence-electron chi connectivity index (χ0n) is 12.2. The molecule has 0 aromatic rings. The highest BCUT2D eigenvalue weighted by Gasteiger charge is 2.70. The molecule has 8 heteroatoms. The molecule has 4 fully saturated rings. The van der Waals surface area contributed by atoms with Crippen LogP contribution in [0.5, 0.6) is 0 Å². The minimum Gasteiger partial charge on any atom is -0.457 e. The summed E-state index contributed by atoms with van der Waals surface area (Å²) in [4.78, 5) is 11.7. The molecule has 3 heterocycles. The van der Waals surface area contributed by atoms with Crippen molar-refractivity contribution in [3.8, 4) is 0 Å². The minimum absolute atomic E-state index is 0.0434. The summed E-state index contributed by atoms with van der Waals surface area (Å²) in [6.45, 7) is 0. The lowest BCUT2D eigenvalue weighted by Crippen LogP contribution is -2.51. The van der Waals surface area contributed by atoms with Gasteiger partial charge in [0.1, 0.15) is 16.7 Å². The molecule has 0 aromatic heterocycles. The van der Waals surface area contributed by atoms with Crippen LogP contribution in [0.25, 0.3) is 0 Å². The molecule has 0 amide bonds. The van der Waals surface area contributed by atoms with Crippen molar-refractivity contribution in [2.45, 2.75) is 74.2 Å². The summed E-state index contributed by atoms with van der Waals surface area (Å²) in [6, 6.07) is -0.276. The maximum Gasteiger partial charge on any atom is 0.316 e. The number of nitrogens with zero attached hydrogens (tertiary/aromatic N) is 1. The number of carbonyl (C=O) groups excluding carboxylic acids is 1. The van der Waals surface area contributed by atoms with Gasteiger partial charge in [0.2, 0.25) is 10.0 Å². The number of carbonyl (C=O) groups is 1. The number of hydrogen-bond donors (Lipinski definition) is 0. The standard InChI is InChI=1S/C14H20BrNO5S/c15-7-11(17)21-13-9-6-10-14(20-9)12(13)16(22(10,18)19)8-4-2-1-3-5-8/h8-10,12-14H,1-7H2. The van der Waals surface area contributed by atoms with E-state index in [1.54, 1.807) is 4.31 Å². The molecule has 0 spiro atoms. The van der Waals surface area contributed by atoms with Crippen molar-refractivity contribution in [3.63, 3.8) is 0 Å². The second kappa shape index (κ2) is 5.43. The third kappa shape index (κ3) is 2.10. The largest absolute Gasteiger partial charge is 0.457 e. The maximum absolute atomic E-state index is 12.9. The molecule has 1 aliphatic carbocycles. The fraction of sp³-hybridized carbons (Fsp3) is 0.929. The Hall–Kier alpha value is -0.180. The molecule has 5 unspecified atom stereocenters. The van der Waals surface area contributed by atoms with Crippen LogP contribution in [0.1, 0.15) is 38.5 Å². The number of rotatable bonds is 3. The van der Waals surface area contributed by atoms with E-state index in [4.69, 9.17) is 9.47 Å². The van der Waals surface area contributed by atoms with E-state index < -0.39 is 21.4 Å². The SMILES string of the molecule is O=C(CBr)OC1C2CC3C(O2)C1N(C1CCCCC1)S3(=O)=O. The van der Waals surface area contributed by atoms with Gasteiger partial charge in [-0.15, -0.1) is 0 Å². The van der Waals surface area contributed by atoms with E-state index in [1.165, 1.54) is 6.42 Å². The van der Waals surface area contributed by atoms with Gasteiger partial charge in [0.25, 0.3) is 0 Å². The molecule has 22 heavy (non-hydrogen) atoms. The van der Waals surface area contributed by atoms with Gasteiger partial charge in [0.15, 0.2) is 0 Å². The van der Waals surface area contributed by atoms with E-state index in [0.717, 1.165) is 25.7 Å². The van der Waals surface area contributed by atoms with Crippen LogP contribution in [0.3, 0.4) is 0 Å². The maximum atomic E-state index is 12.9. The van der Waals surface area contributed by atoms with Crippen molar-refractivity contribution in [1.82, 2.24) is 4.31 Å². The van der Waals surface area contributed by atoms with Crippen LogP contribution in [0.15, 0.2) is 0 Å². The van der Waals surface area contributed by atoms with E-state index >= 15 is 0 Å². The van der Waals surface area contributed by atoms with Crippen molar-refractivity contribution in [2.75, 3.05) is 5.33 Å². The highest BCUT2D eigenvalue weighted by molar-refractivity contribution is 9.09. The second-order valence-corrected chi connectivity index (χ2v) is 9.28. The Bertz CT molecular complexity index is 576. The predicted molar refractivity (Wildman–Crippen MR) is 82.2 cm³/mol. The molecular formula is C14H20BrNO5S. The monoisotopic (exact) mass is 393 g/mol. The van der Waals surface area contributed by atoms with Gasteiger partial charge in [-0.1, -0.05) is 35.2 Å². The molecule has 4 rings (SSSR count). The molecule has 2 bridgehead atoms. The Balaban J connectivity index is 1.66. The second-order valence-electron chi connectivity index (χ2n) is 6.66. The Morgan fingerprint density at radius 1 is 1.27 bits per heavy atom. The average molecular weight is 394 g/mol. The number of fused-ring (bicyclic) bond motifs is 1. The van der Waals surface area contributed by atoms with Crippen molar-refractivity contribution in [2.24, 2.45) is 0 Å². The van der Waals surface area contributed by atoms with Gasteiger partial charge >= 0.3 is 5.97 Å². The summed E-state index contributed by atoms with van der Waals surface area (Å²) in [6.07, 6.45) is 4.50. The molecule has 5 atom stereocenters. The lowest BCUT2D eigenvalue weighted by molar-refractivity contribution is -0.150. The van der Waals surface area contributed by atoms with Crippen molar-refractivity contribution in [3.05, 3.63) is 0 Å². The van der Waals surface area contributed by atoms with E-state index in [-0.39, 0.29) is 35.6 Å². The Morgan fingerprint density at radius 3 is 2.68 bits per heavy atom. The van der Waals surface area contributed by atoms with E-state index in [9.17, 15) is 13.2 Å². The fourth-order valence-electron chi connectivity index (χ4n) is 4.65. The number of esters is 1. The smallest absolute Gasteiger partial charge is 0.316 e. The molecule has 0 N–H and O–H groups in total. The number of halogens is 1. The van der Waals surface area contributed by atoms with Crippen molar-refractivity contribution < 1.29 is 22.7 Å². The molecule has 4 aliphatic rings. The Labute approximate surface area is 138 Å². The minimum atomic E-state index is -3.34. The van der Waals surface area contributed by atoms with Gasteiger partial charge in [-0.25, -0.2) is 8.42 Å². The van der Waals surface area contributed by atoms with Crippen LogP contribution in [0, 0.1) is 0 Å². The summed E-state index contributed by atoms with van der Waals surface area (Å²) in [5.74, 6) is -0.356. The molecule has 0 aromatic carbocycles. The molecular weight excluding hydrogens is 374 g/mol. The first-order chi connectivity index (χ1) is 10.5. The first-order valence-corrected chi connectivity index (χ1v) is 10.6. The third-order valence-electron chi connectivity index (χ3n) is 5.48. The van der Waals surface area contributed by atoms with Gasteiger partial charge in [0.05, 0.1) is 18.2 Å². The molecule has 6 nitrogen and oxygen atoms in total. The van der Waals surface area contributed by atoms with Crippen molar-refractivity contribution >= 4 is 31.9 Å². The van der Waals surface area contributed by atoms with Gasteiger partial charge < -0.3 is 9.47 Å². The molecule has 3 aliphatic heterocycles. The first-order valence-electron chi connectivity index (χ1n) is 7.97. The summed E-state index contributed by atoms with van der Waals surface area (Å²) in [5, 5.41) is -0.323. The van der Waals surface area contributed by atoms with Crippen LogP contribution in [-0.2, 0) is 24.3 Å². The van der Waals surface area contributed by atoms with Gasteiger partial charge in [0, 0.05) is 6.04 Å². The summed E-state index contributed by atoms with van der Waals surface area (Å²) >= 11 is 3.09. The summed E-state index contributed by atoms with van der Waals surface area (Å²) in [7, 11) is -3.34. The number of alkyl halides is 1. The van der Waals surface area contributed by atoms with Crippen LogP contribution in [0.2, 0.25) is 0 Å². The number of hydrogen-bond acceptors (Lipinski definition) is 5. The van der Waals surface area contributed by atoms with E-state index in [2.05, 4.69) is 15.9 Å². The Morgan fingerprint density at radius 2 is 2.00 bits per heavy atom. The number of sulfonamides is 1. The summed E-state index contributed by atoms with van der Waals surface area (Å²) < 4.78 is 38.9. The number of ether oxygens (including phenoxy) is 2.